The Morgan fingerprint density at radius 3 is 2.00 bits per heavy atom. The van der Waals surface area contributed by atoms with Crippen molar-refractivity contribution < 1.29 is 18.0 Å². The minimum atomic E-state index is -4.18. The summed E-state index contributed by atoms with van der Waals surface area (Å²) in [5.74, 6) is -0.891. The molecule has 46 heavy (non-hydrogen) atoms. The first-order valence-corrected chi connectivity index (χ1v) is 17.3. The fourth-order valence-electron chi connectivity index (χ4n) is 4.91. The molecule has 0 unspecified atom stereocenters. The Bertz CT molecular complexity index is 1750. The van der Waals surface area contributed by atoms with Crippen molar-refractivity contribution in [2.24, 2.45) is 0 Å². The van der Waals surface area contributed by atoms with E-state index in [2.05, 4.69) is 5.32 Å². The van der Waals surface area contributed by atoms with Crippen LogP contribution in [0.25, 0.3) is 0 Å². The van der Waals surface area contributed by atoms with Crippen molar-refractivity contribution in [3.8, 4) is 0 Å². The molecule has 0 bridgehead atoms. The third kappa shape index (κ3) is 8.90. The Labute approximate surface area is 282 Å². The molecule has 7 nitrogen and oxygen atoms in total. The summed E-state index contributed by atoms with van der Waals surface area (Å²) in [7, 11) is -4.18. The molecule has 2 amide bonds. The molecule has 0 spiro atoms. The predicted molar refractivity (Wildman–Crippen MR) is 186 cm³/mol. The van der Waals surface area contributed by atoms with E-state index in [4.69, 9.17) is 23.2 Å². The average molecular weight is 681 g/mol. The van der Waals surface area contributed by atoms with Crippen LogP contribution in [0.1, 0.15) is 42.5 Å². The standard InChI is InChI=1S/C36H39Cl2N3O4S/c1-5-27(4)39-36(43)34(22-28-9-7-6-8-10-28)40(23-29-15-20-32(37)33(38)21-29)35(42)24-41(30-16-11-25(2)12-17-30)46(44,45)31-18-13-26(3)14-19-31/h6-21,27,34H,5,22-24H2,1-4H3,(H,39,43)/t27-,34+/m0/s1. The zero-order valence-electron chi connectivity index (χ0n) is 26.4. The zero-order valence-corrected chi connectivity index (χ0v) is 28.7. The van der Waals surface area contributed by atoms with Crippen LogP contribution < -0.4 is 9.62 Å². The fraction of sp³-hybridized carbons (Fsp3) is 0.278. The number of hydrogen-bond acceptors (Lipinski definition) is 4. The largest absolute Gasteiger partial charge is 0.352 e. The maximum atomic E-state index is 14.6. The Morgan fingerprint density at radius 2 is 1.41 bits per heavy atom. The number of nitrogens with zero attached hydrogens (tertiary/aromatic N) is 2. The highest BCUT2D eigenvalue weighted by atomic mass is 35.5. The van der Waals surface area contributed by atoms with Crippen molar-refractivity contribution in [3.05, 3.63) is 129 Å². The van der Waals surface area contributed by atoms with E-state index >= 15 is 0 Å². The molecule has 0 saturated carbocycles. The zero-order chi connectivity index (χ0) is 33.4. The molecule has 0 fully saturated rings. The van der Waals surface area contributed by atoms with Gasteiger partial charge >= 0.3 is 0 Å². The maximum Gasteiger partial charge on any atom is 0.264 e. The Hall–Kier alpha value is -3.85. The monoisotopic (exact) mass is 679 g/mol. The smallest absolute Gasteiger partial charge is 0.264 e. The van der Waals surface area contributed by atoms with E-state index in [1.165, 1.54) is 17.0 Å². The van der Waals surface area contributed by atoms with Crippen LogP contribution in [-0.2, 0) is 32.6 Å². The first-order valence-electron chi connectivity index (χ1n) is 15.1. The van der Waals surface area contributed by atoms with E-state index in [1.54, 1.807) is 54.6 Å². The van der Waals surface area contributed by atoms with Crippen LogP contribution in [-0.4, -0.2) is 43.8 Å². The van der Waals surface area contributed by atoms with Crippen LogP contribution in [0.15, 0.2) is 102 Å². The number of anilines is 1. The Morgan fingerprint density at radius 1 is 0.804 bits per heavy atom. The number of amides is 2. The first-order chi connectivity index (χ1) is 21.9. The normalized spacial score (nSPS) is 12.7. The quantitative estimate of drug-likeness (QED) is 0.160. The van der Waals surface area contributed by atoms with Gasteiger partial charge in [-0.1, -0.05) is 102 Å². The topological polar surface area (TPSA) is 86.8 Å². The van der Waals surface area contributed by atoms with Gasteiger partial charge in [-0.2, -0.15) is 0 Å². The summed E-state index contributed by atoms with van der Waals surface area (Å²) in [6, 6.07) is 26.8. The number of benzene rings is 4. The average Bonchev–Trinajstić information content (AvgIpc) is 3.04. The molecule has 4 aromatic carbocycles. The van der Waals surface area contributed by atoms with Crippen LogP contribution in [0.2, 0.25) is 10.0 Å². The lowest BCUT2D eigenvalue weighted by atomic mass is 10.0. The van der Waals surface area contributed by atoms with Crippen molar-refractivity contribution in [3.63, 3.8) is 0 Å². The lowest BCUT2D eigenvalue weighted by Gasteiger charge is -2.34. The van der Waals surface area contributed by atoms with Crippen molar-refractivity contribution in [2.45, 2.75) is 64.1 Å². The van der Waals surface area contributed by atoms with Gasteiger partial charge in [0.1, 0.15) is 12.6 Å². The minimum Gasteiger partial charge on any atom is -0.352 e. The second-order valence-electron chi connectivity index (χ2n) is 11.5. The molecular weight excluding hydrogens is 641 g/mol. The van der Waals surface area contributed by atoms with Crippen LogP contribution in [0.3, 0.4) is 0 Å². The van der Waals surface area contributed by atoms with E-state index in [-0.39, 0.29) is 29.8 Å². The van der Waals surface area contributed by atoms with Crippen molar-refractivity contribution in [1.29, 1.82) is 0 Å². The first kappa shape index (κ1) is 35.0. The molecule has 1 N–H and O–H groups in total. The second-order valence-corrected chi connectivity index (χ2v) is 14.1. The highest BCUT2D eigenvalue weighted by Crippen LogP contribution is 2.27. The van der Waals surface area contributed by atoms with Gasteiger partial charge in [-0.15, -0.1) is 0 Å². The molecule has 4 aromatic rings. The van der Waals surface area contributed by atoms with Gasteiger partial charge in [0, 0.05) is 19.0 Å². The molecule has 0 aromatic heterocycles. The van der Waals surface area contributed by atoms with E-state index < -0.39 is 28.5 Å². The summed E-state index contributed by atoms with van der Waals surface area (Å²) < 4.78 is 29.4. The van der Waals surface area contributed by atoms with Crippen molar-refractivity contribution in [1.82, 2.24) is 10.2 Å². The van der Waals surface area contributed by atoms with Gasteiger partial charge in [-0.25, -0.2) is 8.42 Å². The van der Waals surface area contributed by atoms with E-state index in [9.17, 15) is 18.0 Å². The summed E-state index contributed by atoms with van der Waals surface area (Å²) in [6.07, 6.45) is 0.909. The van der Waals surface area contributed by atoms with Crippen LogP contribution >= 0.6 is 23.2 Å². The molecule has 10 heteroatoms. The highest BCUT2D eigenvalue weighted by Gasteiger charge is 2.35. The third-order valence-corrected chi connectivity index (χ3v) is 10.3. The number of carbonyl (C=O) groups is 2. The van der Waals surface area contributed by atoms with Crippen LogP contribution in [0.5, 0.6) is 0 Å². The lowest BCUT2D eigenvalue weighted by molar-refractivity contribution is -0.140. The summed E-state index contributed by atoms with van der Waals surface area (Å²) in [6.45, 7) is 7.09. The SMILES string of the molecule is CC[C@H](C)NC(=O)[C@@H](Cc1ccccc1)N(Cc1ccc(Cl)c(Cl)c1)C(=O)CN(c1ccc(C)cc1)S(=O)(=O)c1ccc(C)cc1. The summed E-state index contributed by atoms with van der Waals surface area (Å²) in [4.78, 5) is 30.0. The van der Waals surface area contributed by atoms with Crippen LogP contribution in [0.4, 0.5) is 5.69 Å². The molecule has 2 atom stereocenters. The van der Waals surface area contributed by atoms with Gasteiger partial charge in [-0.05, 0) is 74.7 Å². The Kier molecular flexibility index (Phi) is 11.9. The van der Waals surface area contributed by atoms with Gasteiger partial charge in [0.25, 0.3) is 10.0 Å². The second kappa shape index (κ2) is 15.6. The highest BCUT2D eigenvalue weighted by molar-refractivity contribution is 7.92. The Balaban J connectivity index is 1.82. The van der Waals surface area contributed by atoms with E-state index in [0.29, 0.717) is 27.7 Å². The number of rotatable bonds is 13. The van der Waals surface area contributed by atoms with Crippen molar-refractivity contribution >= 4 is 50.7 Å². The molecule has 4 rings (SSSR count). The predicted octanol–water partition coefficient (Wildman–Crippen LogP) is 7.36. The fourth-order valence-corrected chi connectivity index (χ4v) is 6.64. The van der Waals surface area contributed by atoms with Gasteiger partial charge in [-0.3, -0.25) is 13.9 Å². The van der Waals surface area contributed by atoms with E-state index in [1.807, 2.05) is 58.0 Å². The van der Waals surface area contributed by atoms with Gasteiger partial charge in [0.15, 0.2) is 0 Å². The molecule has 0 heterocycles. The molecular formula is C36H39Cl2N3O4S. The van der Waals surface area contributed by atoms with Gasteiger partial charge in [0.05, 0.1) is 20.6 Å². The molecule has 0 saturated heterocycles. The third-order valence-electron chi connectivity index (χ3n) is 7.82. The molecule has 0 radical (unpaired) electrons. The van der Waals surface area contributed by atoms with Gasteiger partial charge in [0.2, 0.25) is 11.8 Å². The van der Waals surface area contributed by atoms with E-state index in [0.717, 1.165) is 21.0 Å². The summed E-state index contributed by atoms with van der Waals surface area (Å²) in [5, 5.41) is 3.69. The minimum absolute atomic E-state index is 0.00648. The molecule has 242 valence electrons. The number of halogens is 2. The maximum absolute atomic E-state index is 14.6. The molecule has 0 aliphatic carbocycles. The van der Waals surface area contributed by atoms with Gasteiger partial charge < -0.3 is 10.2 Å². The number of sulfonamides is 1. The number of carbonyl (C=O) groups excluding carboxylic acids is 2. The van der Waals surface area contributed by atoms with Crippen molar-refractivity contribution in [2.75, 3.05) is 10.8 Å². The molecule has 0 aliphatic heterocycles. The number of aryl methyl sites for hydroxylation is 2. The van der Waals surface area contributed by atoms with Crippen LogP contribution in [0, 0.1) is 13.8 Å². The number of nitrogens with one attached hydrogen (secondary N) is 1. The number of hydrogen-bond donors (Lipinski definition) is 1. The summed E-state index contributed by atoms with van der Waals surface area (Å²) >= 11 is 12.5. The summed E-state index contributed by atoms with van der Waals surface area (Å²) in [5.41, 5.74) is 3.66. The lowest BCUT2D eigenvalue weighted by Crippen LogP contribution is -2.54. The molecule has 0 aliphatic rings.